The van der Waals surface area contributed by atoms with Crippen molar-refractivity contribution in [2.45, 2.75) is 34.2 Å². The first kappa shape index (κ1) is 14.0. The minimum Gasteiger partial charge on any atom is -0.477 e. The van der Waals surface area contributed by atoms with Crippen molar-refractivity contribution in [3.05, 3.63) is 28.6 Å². The number of hydrogen-bond acceptors (Lipinski definition) is 2. The zero-order valence-electron chi connectivity index (χ0n) is 11.2. The lowest BCUT2D eigenvalue weighted by Crippen LogP contribution is -2.07. The predicted octanol–water partition coefficient (Wildman–Crippen LogP) is 2.75. The zero-order chi connectivity index (χ0) is 13.9. The molecule has 1 aromatic rings. The molecular formula is C14H18N2O2. The van der Waals surface area contributed by atoms with Gasteiger partial charge in [0.2, 0.25) is 0 Å². The van der Waals surface area contributed by atoms with E-state index in [1.807, 2.05) is 19.9 Å². The second kappa shape index (κ2) is 5.54. The summed E-state index contributed by atoms with van der Waals surface area (Å²) in [5.41, 5.74) is 2.64. The third-order valence-electron chi connectivity index (χ3n) is 2.81. The third-order valence-corrected chi connectivity index (χ3v) is 2.81. The van der Waals surface area contributed by atoms with E-state index >= 15 is 0 Å². The number of aryl methyl sites for hydroxylation is 1. The topological polar surface area (TPSA) is 66.0 Å². The first-order valence-corrected chi connectivity index (χ1v) is 5.88. The largest absolute Gasteiger partial charge is 0.477 e. The molecule has 0 aliphatic heterocycles. The lowest BCUT2D eigenvalue weighted by Gasteiger charge is -2.11. The first-order valence-electron chi connectivity index (χ1n) is 5.88. The van der Waals surface area contributed by atoms with Crippen LogP contribution in [0.4, 0.5) is 0 Å². The Hall–Kier alpha value is -2.02. The molecule has 0 aliphatic carbocycles. The van der Waals surface area contributed by atoms with Gasteiger partial charge in [-0.05, 0) is 37.5 Å². The van der Waals surface area contributed by atoms with Crippen LogP contribution in [0, 0.1) is 31.1 Å². The molecule has 0 atom stereocenters. The van der Waals surface area contributed by atoms with Crippen LogP contribution in [0.25, 0.3) is 6.08 Å². The fraction of sp³-hybridized carbons (Fsp3) is 0.429. The molecule has 4 heteroatoms. The summed E-state index contributed by atoms with van der Waals surface area (Å²) >= 11 is 0. The van der Waals surface area contributed by atoms with Crippen molar-refractivity contribution in [2.24, 2.45) is 5.92 Å². The summed E-state index contributed by atoms with van der Waals surface area (Å²) in [6, 6.07) is 3.61. The van der Waals surface area contributed by atoms with Crippen molar-refractivity contribution in [1.29, 1.82) is 5.26 Å². The normalized spacial score (nSPS) is 11.7. The Morgan fingerprint density at radius 2 is 2.17 bits per heavy atom. The molecule has 0 unspecified atom stereocenters. The number of carbonyl (C=O) groups is 1. The molecule has 0 bridgehead atoms. The number of hydrogen-bond donors (Lipinski definition) is 1. The highest BCUT2D eigenvalue weighted by Crippen LogP contribution is 2.19. The quantitative estimate of drug-likeness (QED) is 0.656. The second-order valence-corrected chi connectivity index (χ2v) is 4.81. The Morgan fingerprint density at radius 1 is 1.56 bits per heavy atom. The van der Waals surface area contributed by atoms with E-state index < -0.39 is 5.97 Å². The molecule has 0 saturated carbocycles. The summed E-state index contributed by atoms with van der Waals surface area (Å²) in [7, 11) is 0. The zero-order valence-corrected chi connectivity index (χ0v) is 11.2. The Labute approximate surface area is 107 Å². The lowest BCUT2D eigenvalue weighted by molar-refractivity contribution is -0.132. The lowest BCUT2D eigenvalue weighted by atomic mass is 10.1. The number of aromatic nitrogens is 1. The van der Waals surface area contributed by atoms with Gasteiger partial charge in [-0.15, -0.1) is 0 Å². The smallest absolute Gasteiger partial charge is 0.346 e. The van der Waals surface area contributed by atoms with Crippen LogP contribution < -0.4 is 0 Å². The maximum absolute atomic E-state index is 10.8. The van der Waals surface area contributed by atoms with Crippen LogP contribution in [0.2, 0.25) is 0 Å². The van der Waals surface area contributed by atoms with E-state index in [0.29, 0.717) is 5.92 Å². The van der Waals surface area contributed by atoms with Crippen molar-refractivity contribution in [2.75, 3.05) is 0 Å². The Balaban J connectivity index is 3.21. The maximum atomic E-state index is 10.8. The monoisotopic (exact) mass is 246 g/mol. The van der Waals surface area contributed by atoms with Crippen molar-refractivity contribution >= 4 is 12.0 Å². The highest BCUT2D eigenvalue weighted by molar-refractivity contribution is 5.96. The van der Waals surface area contributed by atoms with Gasteiger partial charge in [0.25, 0.3) is 0 Å². The molecule has 0 amide bonds. The van der Waals surface area contributed by atoms with Crippen LogP contribution in [0.5, 0.6) is 0 Å². The van der Waals surface area contributed by atoms with Gasteiger partial charge in [-0.3, -0.25) is 0 Å². The first-order chi connectivity index (χ1) is 8.36. The van der Waals surface area contributed by atoms with Crippen molar-refractivity contribution in [1.82, 2.24) is 4.57 Å². The molecule has 0 radical (unpaired) electrons. The van der Waals surface area contributed by atoms with Gasteiger partial charge in [-0.25, -0.2) is 4.79 Å². The fourth-order valence-corrected chi connectivity index (χ4v) is 1.92. The molecular weight excluding hydrogens is 228 g/mol. The van der Waals surface area contributed by atoms with E-state index in [2.05, 4.69) is 18.4 Å². The van der Waals surface area contributed by atoms with Gasteiger partial charge in [-0.2, -0.15) is 5.26 Å². The number of nitrogens with zero attached hydrogens (tertiary/aromatic N) is 2. The van der Waals surface area contributed by atoms with Crippen LogP contribution in [0.15, 0.2) is 11.6 Å². The summed E-state index contributed by atoms with van der Waals surface area (Å²) in [5, 5.41) is 17.6. The molecule has 0 aliphatic rings. The van der Waals surface area contributed by atoms with Crippen molar-refractivity contribution < 1.29 is 9.90 Å². The van der Waals surface area contributed by atoms with Crippen LogP contribution >= 0.6 is 0 Å². The van der Waals surface area contributed by atoms with E-state index in [1.54, 1.807) is 6.07 Å². The van der Waals surface area contributed by atoms with E-state index in [-0.39, 0.29) is 5.57 Å². The van der Waals surface area contributed by atoms with Gasteiger partial charge in [0.05, 0.1) is 0 Å². The van der Waals surface area contributed by atoms with Crippen molar-refractivity contribution in [3.63, 3.8) is 0 Å². The molecule has 0 spiro atoms. The van der Waals surface area contributed by atoms with Gasteiger partial charge in [0, 0.05) is 17.9 Å². The number of rotatable bonds is 4. The summed E-state index contributed by atoms with van der Waals surface area (Å²) in [5.74, 6) is -0.673. The average molecular weight is 246 g/mol. The maximum Gasteiger partial charge on any atom is 0.346 e. The summed E-state index contributed by atoms with van der Waals surface area (Å²) in [4.78, 5) is 10.8. The van der Waals surface area contributed by atoms with E-state index in [1.165, 1.54) is 6.08 Å². The minimum absolute atomic E-state index is 0.236. The van der Waals surface area contributed by atoms with Crippen LogP contribution in [-0.4, -0.2) is 15.6 Å². The van der Waals surface area contributed by atoms with Gasteiger partial charge in [-0.1, -0.05) is 13.8 Å². The number of aliphatic carboxylic acids is 1. The number of carboxylic acid groups (broad SMARTS) is 1. The Kier molecular flexibility index (Phi) is 4.33. The Morgan fingerprint density at radius 3 is 2.61 bits per heavy atom. The molecule has 1 N–H and O–H groups in total. The average Bonchev–Trinajstić information content (AvgIpc) is 2.52. The van der Waals surface area contributed by atoms with Gasteiger partial charge < -0.3 is 9.67 Å². The molecule has 18 heavy (non-hydrogen) atoms. The number of nitriles is 1. The van der Waals surface area contributed by atoms with Gasteiger partial charge >= 0.3 is 5.97 Å². The molecule has 96 valence electrons. The molecule has 4 nitrogen and oxygen atoms in total. The molecule has 1 rings (SSSR count). The second-order valence-electron chi connectivity index (χ2n) is 4.81. The van der Waals surface area contributed by atoms with Gasteiger partial charge in [0.1, 0.15) is 11.6 Å². The highest BCUT2D eigenvalue weighted by atomic mass is 16.4. The summed E-state index contributed by atoms with van der Waals surface area (Å²) in [6.07, 6.45) is 1.43. The molecule has 1 aromatic heterocycles. The SMILES string of the molecule is Cc1cc(/C=C(\C#N)C(=O)O)c(C)n1CC(C)C. The summed E-state index contributed by atoms with van der Waals surface area (Å²) in [6.45, 7) is 9.08. The van der Waals surface area contributed by atoms with Crippen molar-refractivity contribution in [3.8, 4) is 6.07 Å². The van der Waals surface area contributed by atoms with Crippen LogP contribution in [-0.2, 0) is 11.3 Å². The Bertz CT molecular complexity index is 531. The molecule has 0 saturated heterocycles. The van der Waals surface area contributed by atoms with E-state index in [0.717, 1.165) is 23.5 Å². The summed E-state index contributed by atoms with van der Waals surface area (Å²) < 4.78 is 2.15. The molecule has 0 fully saturated rings. The predicted molar refractivity (Wildman–Crippen MR) is 70.0 cm³/mol. The van der Waals surface area contributed by atoms with Crippen LogP contribution in [0.3, 0.4) is 0 Å². The highest BCUT2D eigenvalue weighted by Gasteiger charge is 2.12. The molecule has 0 aromatic carbocycles. The van der Waals surface area contributed by atoms with E-state index in [9.17, 15) is 4.79 Å². The minimum atomic E-state index is -1.19. The standard InChI is InChI=1S/C14H18N2O2/c1-9(2)8-16-10(3)5-12(11(16)4)6-13(7-15)14(17)18/h5-6,9H,8H2,1-4H3,(H,17,18)/b13-6+. The number of carboxylic acids is 1. The van der Waals surface area contributed by atoms with E-state index in [4.69, 9.17) is 10.4 Å². The third kappa shape index (κ3) is 3.01. The van der Waals surface area contributed by atoms with Gasteiger partial charge in [0.15, 0.2) is 0 Å². The molecule has 1 heterocycles. The fourth-order valence-electron chi connectivity index (χ4n) is 1.92. The van der Waals surface area contributed by atoms with Crippen LogP contribution in [0.1, 0.15) is 30.8 Å².